The first-order valence-electron chi connectivity index (χ1n) is 15.7. The largest absolute Gasteiger partial charge is 0.398 e. The second-order valence-corrected chi connectivity index (χ2v) is 26.8. The minimum absolute atomic E-state index is 0.326. The van der Waals surface area contributed by atoms with E-state index in [1.165, 1.54) is 51.4 Å². The normalized spacial score (nSPS) is 13.8. The Morgan fingerprint density at radius 3 is 0.634 bits per heavy atom. The van der Waals surface area contributed by atoms with Gasteiger partial charge in [-0.25, -0.2) is 0 Å². The zero-order valence-electron chi connectivity index (χ0n) is 29.1. The van der Waals surface area contributed by atoms with Crippen LogP contribution < -0.4 is 0 Å². The molecule has 0 aliphatic rings. The first-order valence-corrected chi connectivity index (χ1v) is 25.8. The number of rotatable bonds is 28. The average molecular weight is 657 g/mol. The van der Waals surface area contributed by atoms with Gasteiger partial charge in [-0.05, 0) is 81.5 Å². The summed E-state index contributed by atoms with van der Waals surface area (Å²) < 4.78 is 46.2. The molecule has 12 heteroatoms. The number of unbranched alkanes of at least 4 members (excludes halogenated alkanes) is 4. The van der Waals surface area contributed by atoms with E-state index in [9.17, 15) is 0 Å². The summed E-state index contributed by atoms with van der Waals surface area (Å²) in [6.45, 7) is 8.69. The molecule has 0 saturated carbocycles. The molecule has 0 spiro atoms. The van der Waals surface area contributed by atoms with Crippen molar-refractivity contribution in [1.82, 2.24) is 0 Å². The van der Waals surface area contributed by atoms with Crippen molar-refractivity contribution in [2.45, 2.75) is 127 Å². The first kappa shape index (κ1) is 41.5. The minimum Gasteiger partial charge on any atom is -0.398 e. The first-order chi connectivity index (χ1) is 19.3. The zero-order chi connectivity index (χ0) is 31.5. The van der Waals surface area contributed by atoms with Gasteiger partial charge in [0.15, 0.2) is 0 Å². The minimum atomic E-state index is -2.05. The maximum atomic E-state index is 5.77. The van der Waals surface area contributed by atoms with Crippen molar-refractivity contribution in [3.63, 3.8) is 0 Å². The molecule has 0 aromatic carbocycles. The summed E-state index contributed by atoms with van der Waals surface area (Å²) >= 11 is 0. The van der Waals surface area contributed by atoms with E-state index >= 15 is 0 Å². The summed E-state index contributed by atoms with van der Waals surface area (Å²) in [7, 11) is 6.19. The van der Waals surface area contributed by atoms with Gasteiger partial charge in [-0.15, -0.1) is 0 Å². The molecule has 0 saturated heterocycles. The Hall–Kier alpha value is 0.548. The number of hydrogen-bond donors (Lipinski definition) is 0. The summed E-state index contributed by atoms with van der Waals surface area (Å²) in [6, 6.07) is 4.16. The lowest BCUT2D eigenvalue weighted by atomic mass is 9.71. The van der Waals surface area contributed by atoms with Crippen LogP contribution in [0.4, 0.5) is 0 Å². The van der Waals surface area contributed by atoms with Crippen molar-refractivity contribution < 1.29 is 35.4 Å². The molecule has 41 heavy (non-hydrogen) atoms. The van der Waals surface area contributed by atoms with Crippen molar-refractivity contribution >= 4 is 34.2 Å². The van der Waals surface area contributed by atoms with Crippen LogP contribution in [0.2, 0.25) is 50.4 Å². The smallest absolute Gasteiger partial charge is 0.334 e. The molecule has 0 heterocycles. The molecule has 0 N–H and O–H groups in total. The van der Waals surface area contributed by atoms with Gasteiger partial charge >= 0.3 is 34.2 Å². The molecule has 0 aliphatic carbocycles. The highest BCUT2D eigenvalue weighted by Gasteiger charge is 2.34. The maximum Gasteiger partial charge on any atom is 0.334 e. The van der Waals surface area contributed by atoms with Gasteiger partial charge in [0.2, 0.25) is 0 Å². The second-order valence-electron chi connectivity index (χ2n) is 12.5. The highest BCUT2D eigenvalue weighted by atomic mass is 28.4. The van der Waals surface area contributed by atoms with E-state index in [0.717, 1.165) is 49.9 Å². The van der Waals surface area contributed by atoms with Crippen molar-refractivity contribution in [2.24, 2.45) is 5.41 Å². The van der Waals surface area contributed by atoms with Crippen LogP contribution in [0, 0.1) is 5.41 Å². The van der Waals surface area contributed by atoms with Crippen LogP contribution >= 0.6 is 0 Å². The Labute approximate surface area is 258 Å². The lowest BCUT2D eigenvalue weighted by Crippen LogP contribution is -2.36. The molecule has 248 valence electrons. The Morgan fingerprint density at radius 1 is 0.317 bits per heavy atom. The summed E-state index contributed by atoms with van der Waals surface area (Å²) in [6.07, 6.45) is 14.5. The Bertz CT molecular complexity index is 533. The van der Waals surface area contributed by atoms with Crippen molar-refractivity contribution in [3.8, 4) is 0 Å². The van der Waals surface area contributed by atoms with Crippen LogP contribution in [0.5, 0.6) is 0 Å². The van der Waals surface area contributed by atoms with E-state index in [2.05, 4.69) is 26.2 Å². The predicted octanol–water partition coefficient (Wildman–Crippen LogP) is 8.11. The van der Waals surface area contributed by atoms with Crippen molar-refractivity contribution in [2.75, 3.05) is 56.9 Å². The fraction of sp³-hybridized carbons (Fsp3) is 1.00. The third-order valence-corrected chi connectivity index (χ3v) is 21.8. The topological polar surface area (TPSA) is 73.8 Å². The Balaban J connectivity index is 5.63. The lowest BCUT2D eigenvalue weighted by Gasteiger charge is -2.36. The van der Waals surface area contributed by atoms with Crippen LogP contribution in [-0.2, 0) is 35.4 Å². The summed E-state index contributed by atoms with van der Waals surface area (Å²) in [5.41, 5.74) is 0.326. The van der Waals surface area contributed by atoms with E-state index in [0.29, 0.717) is 5.41 Å². The summed E-state index contributed by atoms with van der Waals surface area (Å²) in [4.78, 5) is 0. The molecule has 0 unspecified atom stereocenters. The molecule has 0 rings (SSSR count). The molecule has 0 bridgehead atoms. The molecule has 0 aliphatic heterocycles. The van der Waals surface area contributed by atoms with Crippen LogP contribution in [0.3, 0.4) is 0 Å². The standard InChI is InChI=1S/C29H68O8Si4/c1-30-38(9,31-2)25-17-13-21-29(22-14-18-26-39(10,32-3)33-4,23-15-19-27-40(11,34-5)35-6)24-16-20-28-41(12,36-7)37-8/h13-28H2,1-12H3. The van der Waals surface area contributed by atoms with E-state index in [-0.39, 0.29) is 0 Å². The summed E-state index contributed by atoms with van der Waals surface area (Å²) in [5.74, 6) is 0. The van der Waals surface area contributed by atoms with Gasteiger partial charge in [0.05, 0.1) is 0 Å². The van der Waals surface area contributed by atoms with Gasteiger partial charge in [-0.3, -0.25) is 0 Å². The molecule has 0 aromatic rings. The Kier molecular flexibility index (Phi) is 21.6. The van der Waals surface area contributed by atoms with Gasteiger partial charge in [-0.1, -0.05) is 51.4 Å². The molecular formula is C29H68O8Si4. The zero-order valence-corrected chi connectivity index (χ0v) is 33.1. The fourth-order valence-electron chi connectivity index (χ4n) is 5.68. The number of hydrogen-bond acceptors (Lipinski definition) is 8. The van der Waals surface area contributed by atoms with Crippen molar-refractivity contribution in [3.05, 3.63) is 0 Å². The Morgan fingerprint density at radius 2 is 0.488 bits per heavy atom. The maximum absolute atomic E-state index is 5.77. The summed E-state index contributed by atoms with van der Waals surface area (Å²) in [5, 5.41) is 0. The van der Waals surface area contributed by atoms with Crippen LogP contribution in [0.25, 0.3) is 0 Å². The molecular weight excluding hydrogens is 589 g/mol. The van der Waals surface area contributed by atoms with Gasteiger partial charge in [-0.2, -0.15) is 0 Å². The quantitative estimate of drug-likeness (QED) is 0.0618. The van der Waals surface area contributed by atoms with Crippen LogP contribution in [0.15, 0.2) is 0 Å². The van der Waals surface area contributed by atoms with E-state index in [1.54, 1.807) is 56.9 Å². The lowest BCUT2D eigenvalue weighted by molar-refractivity contribution is 0.172. The van der Waals surface area contributed by atoms with Crippen LogP contribution in [-0.4, -0.2) is 91.1 Å². The van der Waals surface area contributed by atoms with E-state index < -0.39 is 34.2 Å². The third-order valence-electron chi connectivity index (χ3n) is 9.81. The van der Waals surface area contributed by atoms with Gasteiger partial charge in [0.1, 0.15) is 0 Å². The van der Waals surface area contributed by atoms with E-state index in [4.69, 9.17) is 35.4 Å². The van der Waals surface area contributed by atoms with Gasteiger partial charge in [0, 0.05) is 56.9 Å². The molecule has 0 fully saturated rings. The predicted molar refractivity (Wildman–Crippen MR) is 180 cm³/mol. The van der Waals surface area contributed by atoms with Crippen molar-refractivity contribution in [1.29, 1.82) is 0 Å². The highest BCUT2D eigenvalue weighted by Crippen LogP contribution is 2.43. The van der Waals surface area contributed by atoms with Crippen LogP contribution in [0.1, 0.15) is 77.0 Å². The molecule has 0 aromatic heterocycles. The second kappa shape index (κ2) is 21.3. The fourth-order valence-corrected chi connectivity index (χ4v) is 11.6. The van der Waals surface area contributed by atoms with E-state index in [1.807, 2.05) is 0 Å². The SMILES string of the molecule is CO[Si](C)(CCCCC(CCCC[Si](C)(OC)OC)(CCCC[Si](C)(OC)OC)CCCC[Si](C)(OC)OC)OC. The monoisotopic (exact) mass is 656 g/mol. The molecule has 8 nitrogen and oxygen atoms in total. The molecule has 0 radical (unpaired) electrons. The molecule has 0 amide bonds. The third kappa shape index (κ3) is 16.4. The molecule has 0 atom stereocenters. The highest BCUT2D eigenvalue weighted by molar-refractivity contribution is 6.67. The van der Waals surface area contributed by atoms with Gasteiger partial charge < -0.3 is 35.4 Å². The average Bonchev–Trinajstić information content (AvgIpc) is 3.01. The van der Waals surface area contributed by atoms with Gasteiger partial charge in [0.25, 0.3) is 0 Å².